The van der Waals surface area contributed by atoms with E-state index in [-0.39, 0.29) is 23.7 Å². The van der Waals surface area contributed by atoms with Crippen molar-refractivity contribution in [3.05, 3.63) is 29.8 Å². The Morgan fingerprint density at radius 3 is 2.78 bits per heavy atom. The molecule has 0 saturated carbocycles. The topological polar surface area (TPSA) is 75.3 Å². The molecule has 1 aromatic rings. The summed E-state index contributed by atoms with van der Waals surface area (Å²) in [6.45, 7) is 0.567. The number of amides is 1. The summed E-state index contributed by atoms with van der Waals surface area (Å²) in [6, 6.07) is 6.87. The molecular weight excluding hydrogens is 252 g/mol. The number of benzene rings is 1. The van der Waals surface area contributed by atoms with E-state index in [1.165, 1.54) is 0 Å². The van der Waals surface area contributed by atoms with Gasteiger partial charge in [-0.1, -0.05) is 18.2 Å². The van der Waals surface area contributed by atoms with E-state index in [9.17, 15) is 13.2 Å². The summed E-state index contributed by atoms with van der Waals surface area (Å²) >= 11 is 0. The number of rotatable bonds is 2. The normalized spacial score (nSPS) is 29.0. The van der Waals surface area contributed by atoms with Crippen LogP contribution in [0.3, 0.4) is 0 Å². The summed E-state index contributed by atoms with van der Waals surface area (Å²) in [4.78, 5) is 11.5. The first kappa shape index (κ1) is 11.7. The third-order valence-corrected chi connectivity index (χ3v) is 5.24. The van der Waals surface area contributed by atoms with E-state index in [2.05, 4.69) is 10.6 Å². The van der Waals surface area contributed by atoms with Crippen molar-refractivity contribution in [1.82, 2.24) is 10.6 Å². The third kappa shape index (κ3) is 1.91. The molecule has 2 unspecified atom stereocenters. The number of hydrogen-bond acceptors (Lipinski definition) is 4. The van der Waals surface area contributed by atoms with Gasteiger partial charge in [0.2, 0.25) is 5.91 Å². The lowest BCUT2D eigenvalue weighted by Gasteiger charge is -2.17. The predicted octanol–water partition coefficient (Wildman–Crippen LogP) is -0.00690. The van der Waals surface area contributed by atoms with Gasteiger partial charge >= 0.3 is 0 Å². The Bertz CT molecular complexity index is 597. The van der Waals surface area contributed by atoms with Crippen molar-refractivity contribution in [2.24, 2.45) is 0 Å². The molecule has 0 bridgehead atoms. The maximum atomic E-state index is 12.0. The first-order valence-corrected chi connectivity index (χ1v) is 7.56. The lowest BCUT2D eigenvalue weighted by atomic mass is 10.1. The Labute approximate surface area is 105 Å². The molecule has 1 aromatic carbocycles. The number of carbonyl (C=O) groups is 1. The SMILES string of the molecule is O=C1CC(NC2CS(=O)(=O)c3ccccc32)CN1. The van der Waals surface area contributed by atoms with Gasteiger partial charge in [-0.05, 0) is 11.6 Å². The van der Waals surface area contributed by atoms with Gasteiger partial charge in [0, 0.05) is 25.0 Å². The molecule has 0 aromatic heterocycles. The zero-order valence-corrected chi connectivity index (χ0v) is 10.5. The van der Waals surface area contributed by atoms with Crippen LogP contribution in [0.25, 0.3) is 0 Å². The smallest absolute Gasteiger partial charge is 0.221 e. The van der Waals surface area contributed by atoms with Gasteiger partial charge in [-0.2, -0.15) is 0 Å². The minimum absolute atomic E-state index is 0.0154. The van der Waals surface area contributed by atoms with Crippen LogP contribution in [0, 0.1) is 0 Å². The molecule has 0 aliphatic carbocycles. The summed E-state index contributed by atoms with van der Waals surface area (Å²) in [6.07, 6.45) is 0.415. The average Bonchev–Trinajstić information content (AvgIpc) is 2.83. The Morgan fingerprint density at radius 2 is 2.06 bits per heavy atom. The Balaban J connectivity index is 1.85. The monoisotopic (exact) mass is 266 g/mol. The minimum atomic E-state index is -3.18. The van der Waals surface area contributed by atoms with Crippen LogP contribution >= 0.6 is 0 Å². The van der Waals surface area contributed by atoms with Gasteiger partial charge in [0.15, 0.2) is 9.84 Å². The number of fused-ring (bicyclic) bond motifs is 1. The lowest BCUT2D eigenvalue weighted by molar-refractivity contribution is -0.119. The van der Waals surface area contributed by atoms with E-state index in [0.29, 0.717) is 17.9 Å². The van der Waals surface area contributed by atoms with Gasteiger partial charge in [0.25, 0.3) is 0 Å². The zero-order valence-electron chi connectivity index (χ0n) is 9.72. The standard InChI is InChI=1S/C12H14N2O3S/c15-12-5-8(6-13-12)14-10-7-18(16,17)11-4-2-1-3-9(10)11/h1-4,8,10,14H,5-7H2,(H,13,15). The van der Waals surface area contributed by atoms with Crippen molar-refractivity contribution in [1.29, 1.82) is 0 Å². The van der Waals surface area contributed by atoms with E-state index in [1.807, 2.05) is 12.1 Å². The van der Waals surface area contributed by atoms with Crippen LogP contribution in [0.1, 0.15) is 18.0 Å². The second kappa shape index (κ2) is 4.07. The van der Waals surface area contributed by atoms with Crippen LogP contribution in [0.15, 0.2) is 29.2 Å². The lowest BCUT2D eigenvalue weighted by Crippen LogP contribution is -2.35. The molecule has 2 atom stereocenters. The number of carbonyl (C=O) groups excluding carboxylic acids is 1. The molecule has 0 spiro atoms. The fraction of sp³-hybridized carbons (Fsp3) is 0.417. The van der Waals surface area contributed by atoms with Crippen molar-refractivity contribution in [2.75, 3.05) is 12.3 Å². The molecule has 5 nitrogen and oxygen atoms in total. The maximum absolute atomic E-state index is 12.0. The van der Waals surface area contributed by atoms with E-state index in [1.54, 1.807) is 12.1 Å². The first-order valence-electron chi connectivity index (χ1n) is 5.91. The van der Waals surface area contributed by atoms with Crippen molar-refractivity contribution < 1.29 is 13.2 Å². The molecule has 96 valence electrons. The average molecular weight is 266 g/mol. The third-order valence-electron chi connectivity index (χ3n) is 3.43. The second-order valence-corrected chi connectivity index (χ2v) is 6.75. The molecule has 1 saturated heterocycles. The summed E-state index contributed by atoms with van der Waals surface area (Å²) in [5.41, 5.74) is 0.817. The van der Waals surface area contributed by atoms with Crippen molar-refractivity contribution in [2.45, 2.75) is 23.4 Å². The molecule has 0 radical (unpaired) electrons. The Morgan fingerprint density at radius 1 is 1.28 bits per heavy atom. The van der Waals surface area contributed by atoms with Crippen molar-refractivity contribution >= 4 is 15.7 Å². The number of nitrogens with one attached hydrogen (secondary N) is 2. The van der Waals surface area contributed by atoms with Crippen LogP contribution in [-0.2, 0) is 14.6 Å². The van der Waals surface area contributed by atoms with E-state index in [0.717, 1.165) is 5.56 Å². The van der Waals surface area contributed by atoms with E-state index in [4.69, 9.17) is 0 Å². The predicted molar refractivity (Wildman–Crippen MR) is 65.8 cm³/mol. The molecule has 2 aliphatic rings. The van der Waals surface area contributed by atoms with Gasteiger partial charge in [-0.25, -0.2) is 8.42 Å². The van der Waals surface area contributed by atoms with Gasteiger partial charge in [0.05, 0.1) is 10.6 Å². The fourth-order valence-electron chi connectivity index (χ4n) is 2.60. The van der Waals surface area contributed by atoms with Gasteiger partial charge < -0.3 is 10.6 Å². The maximum Gasteiger partial charge on any atom is 0.221 e. The van der Waals surface area contributed by atoms with Gasteiger partial charge in [-0.3, -0.25) is 4.79 Å². The first-order chi connectivity index (χ1) is 8.56. The molecule has 18 heavy (non-hydrogen) atoms. The summed E-state index contributed by atoms with van der Waals surface area (Å²) in [5, 5.41) is 5.99. The molecule has 1 fully saturated rings. The summed E-state index contributed by atoms with van der Waals surface area (Å²) in [5.74, 6) is 0.0958. The zero-order chi connectivity index (χ0) is 12.8. The summed E-state index contributed by atoms with van der Waals surface area (Å²) < 4.78 is 24.0. The molecule has 1 amide bonds. The molecule has 2 aliphatic heterocycles. The fourth-order valence-corrected chi connectivity index (χ4v) is 4.35. The summed E-state index contributed by atoms with van der Waals surface area (Å²) in [7, 11) is -3.18. The highest BCUT2D eigenvalue weighted by molar-refractivity contribution is 7.91. The number of hydrogen-bond donors (Lipinski definition) is 2. The molecule has 3 rings (SSSR count). The highest BCUT2D eigenvalue weighted by Crippen LogP contribution is 2.33. The molecular formula is C12H14N2O3S. The quantitative estimate of drug-likeness (QED) is 0.789. The Kier molecular flexibility index (Phi) is 2.64. The van der Waals surface area contributed by atoms with Crippen molar-refractivity contribution in [3.8, 4) is 0 Å². The van der Waals surface area contributed by atoms with Crippen molar-refractivity contribution in [3.63, 3.8) is 0 Å². The number of sulfone groups is 1. The van der Waals surface area contributed by atoms with Gasteiger partial charge in [0.1, 0.15) is 0 Å². The van der Waals surface area contributed by atoms with Crippen LogP contribution in [0.4, 0.5) is 0 Å². The van der Waals surface area contributed by atoms with Crippen LogP contribution in [0.5, 0.6) is 0 Å². The Hall–Kier alpha value is -1.40. The minimum Gasteiger partial charge on any atom is -0.354 e. The van der Waals surface area contributed by atoms with E-state index < -0.39 is 9.84 Å². The molecule has 2 heterocycles. The van der Waals surface area contributed by atoms with Crippen LogP contribution < -0.4 is 10.6 Å². The highest BCUT2D eigenvalue weighted by Gasteiger charge is 2.36. The van der Waals surface area contributed by atoms with E-state index >= 15 is 0 Å². The van der Waals surface area contributed by atoms with Crippen LogP contribution in [0.2, 0.25) is 0 Å². The molecule has 6 heteroatoms. The van der Waals surface area contributed by atoms with Crippen LogP contribution in [-0.4, -0.2) is 32.7 Å². The van der Waals surface area contributed by atoms with Gasteiger partial charge in [-0.15, -0.1) is 0 Å². The second-order valence-electron chi connectivity index (χ2n) is 4.74. The largest absolute Gasteiger partial charge is 0.354 e. The highest BCUT2D eigenvalue weighted by atomic mass is 32.2. The molecule has 2 N–H and O–H groups in total.